The Hall–Kier alpha value is -4.01. The molecule has 0 spiro atoms. The number of methoxy groups -OCH3 is 1. The van der Waals surface area contributed by atoms with E-state index in [1.807, 2.05) is 0 Å². The van der Waals surface area contributed by atoms with Gasteiger partial charge in [0.2, 0.25) is 5.91 Å². The number of ether oxygens (including phenoxy) is 1. The van der Waals surface area contributed by atoms with E-state index in [0.29, 0.717) is 17.1 Å². The van der Waals surface area contributed by atoms with Gasteiger partial charge in [0.05, 0.1) is 12.8 Å². The molecule has 3 rings (SSSR count). The van der Waals surface area contributed by atoms with Crippen LogP contribution in [-0.2, 0) is 4.79 Å². The van der Waals surface area contributed by atoms with Crippen LogP contribution in [0.4, 0.5) is 10.1 Å². The number of rotatable bonds is 7. The van der Waals surface area contributed by atoms with Gasteiger partial charge in [0.25, 0.3) is 11.5 Å². The first-order valence-electron chi connectivity index (χ1n) is 9.50. The third kappa shape index (κ3) is 5.33. The molecule has 3 aromatic rings. The molecule has 2 amide bonds. The number of amides is 2. The van der Waals surface area contributed by atoms with E-state index in [0.717, 1.165) is 4.68 Å². The molecule has 0 bridgehead atoms. The van der Waals surface area contributed by atoms with Crippen LogP contribution in [0.25, 0.3) is 5.69 Å². The first kappa shape index (κ1) is 21.7. The second-order valence-electron chi connectivity index (χ2n) is 6.54. The summed E-state index contributed by atoms with van der Waals surface area (Å²) < 4.78 is 19.3. The summed E-state index contributed by atoms with van der Waals surface area (Å²) in [6.45, 7) is 1.78. The maximum atomic E-state index is 13.2. The molecule has 2 aromatic carbocycles. The van der Waals surface area contributed by atoms with E-state index in [1.165, 1.54) is 48.4 Å². The minimum Gasteiger partial charge on any atom is -0.497 e. The average molecular weight is 424 g/mol. The Balaban J connectivity index is 1.77. The van der Waals surface area contributed by atoms with Gasteiger partial charge in [-0.15, -0.1) is 0 Å². The standard InChI is InChI=1S/C22H21FN4O4/c1-3-26(14-20(28)24-16-5-4-6-18(13-16)31-2)22(30)19-11-12-21(29)27(25-19)17-9-7-15(23)8-10-17/h4-13H,3,14H2,1-2H3,(H,24,28). The van der Waals surface area contributed by atoms with Crippen molar-refractivity contribution < 1.29 is 18.7 Å². The van der Waals surface area contributed by atoms with Crippen molar-refractivity contribution >= 4 is 17.5 Å². The molecule has 1 aromatic heterocycles. The van der Waals surface area contributed by atoms with Crippen LogP contribution < -0.4 is 15.6 Å². The minimum absolute atomic E-state index is 0.0139. The van der Waals surface area contributed by atoms with Gasteiger partial charge in [-0.1, -0.05) is 6.07 Å². The second-order valence-corrected chi connectivity index (χ2v) is 6.54. The lowest BCUT2D eigenvalue weighted by Crippen LogP contribution is -2.39. The molecule has 0 fully saturated rings. The van der Waals surface area contributed by atoms with Crippen molar-refractivity contribution in [1.29, 1.82) is 0 Å². The maximum Gasteiger partial charge on any atom is 0.274 e. The van der Waals surface area contributed by atoms with E-state index in [-0.39, 0.29) is 18.8 Å². The fraction of sp³-hybridized carbons (Fsp3) is 0.182. The summed E-state index contributed by atoms with van der Waals surface area (Å²) in [6.07, 6.45) is 0. The number of carbonyl (C=O) groups excluding carboxylic acids is 2. The van der Waals surface area contributed by atoms with Gasteiger partial charge in [-0.25, -0.2) is 4.39 Å². The van der Waals surface area contributed by atoms with Crippen LogP contribution in [0.15, 0.2) is 65.5 Å². The van der Waals surface area contributed by atoms with Crippen LogP contribution in [0.3, 0.4) is 0 Å². The SMILES string of the molecule is CCN(CC(=O)Nc1cccc(OC)c1)C(=O)c1ccc(=O)n(-c2ccc(F)cc2)n1. The molecule has 0 atom stereocenters. The molecular weight excluding hydrogens is 403 g/mol. The fourth-order valence-corrected chi connectivity index (χ4v) is 2.86. The van der Waals surface area contributed by atoms with Gasteiger partial charge in [-0.3, -0.25) is 14.4 Å². The molecule has 8 nitrogen and oxygen atoms in total. The lowest BCUT2D eigenvalue weighted by molar-refractivity contribution is -0.116. The molecule has 0 saturated heterocycles. The van der Waals surface area contributed by atoms with Gasteiger partial charge < -0.3 is 15.0 Å². The van der Waals surface area contributed by atoms with Gasteiger partial charge in [-0.2, -0.15) is 9.78 Å². The largest absolute Gasteiger partial charge is 0.497 e. The lowest BCUT2D eigenvalue weighted by Gasteiger charge is -2.20. The smallest absolute Gasteiger partial charge is 0.274 e. The summed E-state index contributed by atoms with van der Waals surface area (Å²) in [7, 11) is 1.52. The normalized spacial score (nSPS) is 10.4. The van der Waals surface area contributed by atoms with Crippen LogP contribution in [-0.4, -0.2) is 46.7 Å². The topological polar surface area (TPSA) is 93.5 Å². The lowest BCUT2D eigenvalue weighted by atomic mass is 10.3. The minimum atomic E-state index is -0.515. The van der Waals surface area contributed by atoms with E-state index in [1.54, 1.807) is 31.2 Å². The molecule has 0 aliphatic carbocycles. The molecule has 9 heteroatoms. The molecule has 1 N–H and O–H groups in total. The van der Waals surface area contributed by atoms with Crippen molar-refractivity contribution in [3.05, 3.63) is 82.5 Å². The molecule has 0 radical (unpaired) electrons. The highest BCUT2D eigenvalue weighted by atomic mass is 19.1. The van der Waals surface area contributed by atoms with E-state index in [4.69, 9.17) is 4.74 Å². The predicted molar refractivity (Wildman–Crippen MR) is 113 cm³/mol. The number of hydrogen-bond donors (Lipinski definition) is 1. The molecule has 0 aliphatic heterocycles. The number of benzene rings is 2. The number of aromatic nitrogens is 2. The Bertz CT molecular complexity index is 1140. The summed E-state index contributed by atoms with van der Waals surface area (Å²) in [6, 6.07) is 14.5. The Kier molecular flexibility index (Phi) is 6.76. The number of nitrogens with zero attached hydrogens (tertiary/aromatic N) is 3. The third-order valence-electron chi connectivity index (χ3n) is 4.45. The summed E-state index contributed by atoms with van der Waals surface area (Å²) in [5.41, 5.74) is 0.373. The Labute approximate surface area is 177 Å². The molecule has 31 heavy (non-hydrogen) atoms. The van der Waals surface area contributed by atoms with Crippen LogP contribution in [0, 0.1) is 5.82 Å². The molecule has 0 unspecified atom stereocenters. The average Bonchev–Trinajstić information content (AvgIpc) is 2.78. The van der Waals surface area contributed by atoms with Crippen LogP contribution in [0.2, 0.25) is 0 Å². The van der Waals surface area contributed by atoms with Crippen molar-refractivity contribution in [2.45, 2.75) is 6.92 Å². The molecule has 0 aliphatic rings. The predicted octanol–water partition coefficient (Wildman–Crippen LogP) is 2.48. The number of likely N-dealkylation sites (N-methyl/N-ethyl adjacent to an activating group) is 1. The Morgan fingerprint density at radius 2 is 1.87 bits per heavy atom. The summed E-state index contributed by atoms with van der Waals surface area (Å²) in [5.74, 6) is -0.772. The highest BCUT2D eigenvalue weighted by Gasteiger charge is 2.20. The summed E-state index contributed by atoms with van der Waals surface area (Å²) in [5, 5.41) is 6.81. The quantitative estimate of drug-likeness (QED) is 0.629. The van der Waals surface area contributed by atoms with Crippen molar-refractivity contribution in [2.75, 3.05) is 25.5 Å². The zero-order valence-corrected chi connectivity index (χ0v) is 17.0. The number of carbonyl (C=O) groups is 2. The van der Waals surface area contributed by atoms with Gasteiger partial charge in [0, 0.05) is 24.4 Å². The number of anilines is 1. The van der Waals surface area contributed by atoms with E-state index < -0.39 is 23.2 Å². The van der Waals surface area contributed by atoms with Crippen molar-refractivity contribution in [1.82, 2.24) is 14.7 Å². The zero-order valence-electron chi connectivity index (χ0n) is 17.0. The molecule has 1 heterocycles. The second kappa shape index (κ2) is 9.66. The third-order valence-corrected chi connectivity index (χ3v) is 4.45. The van der Waals surface area contributed by atoms with Gasteiger partial charge >= 0.3 is 0 Å². The van der Waals surface area contributed by atoms with Crippen molar-refractivity contribution in [3.63, 3.8) is 0 Å². The van der Waals surface area contributed by atoms with E-state index in [2.05, 4.69) is 10.4 Å². The van der Waals surface area contributed by atoms with E-state index in [9.17, 15) is 18.8 Å². The van der Waals surface area contributed by atoms with Crippen molar-refractivity contribution in [2.24, 2.45) is 0 Å². The number of halogens is 1. The highest BCUT2D eigenvalue weighted by Crippen LogP contribution is 2.16. The van der Waals surface area contributed by atoms with Crippen LogP contribution in [0.1, 0.15) is 17.4 Å². The monoisotopic (exact) mass is 424 g/mol. The van der Waals surface area contributed by atoms with Gasteiger partial charge in [0.1, 0.15) is 23.8 Å². The fourth-order valence-electron chi connectivity index (χ4n) is 2.86. The van der Waals surface area contributed by atoms with Crippen molar-refractivity contribution in [3.8, 4) is 11.4 Å². The Morgan fingerprint density at radius 1 is 1.13 bits per heavy atom. The zero-order chi connectivity index (χ0) is 22.4. The summed E-state index contributed by atoms with van der Waals surface area (Å²) in [4.78, 5) is 38.8. The van der Waals surface area contributed by atoms with Gasteiger partial charge in [-0.05, 0) is 49.4 Å². The highest BCUT2D eigenvalue weighted by molar-refractivity contribution is 5.98. The summed E-state index contributed by atoms with van der Waals surface area (Å²) >= 11 is 0. The Morgan fingerprint density at radius 3 is 2.55 bits per heavy atom. The number of nitrogens with one attached hydrogen (secondary N) is 1. The van der Waals surface area contributed by atoms with Crippen LogP contribution >= 0.6 is 0 Å². The first-order valence-corrected chi connectivity index (χ1v) is 9.50. The van der Waals surface area contributed by atoms with E-state index >= 15 is 0 Å². The molecule has 0 saturated carbocycles. The molecular formula is C22H21FN4O4. The van der Waals surface area contributed by atoms with Gasteiger partial charge in [0.15, 0.2) is 0 Å². The molecule has 160 valence electrons. The van der Waals surface area contributed by atoms with Crippen LogP contribution in [0.5, 0.6) is 5.75 Å². The number of hydrogen-bond acceptors (Lipinski definition) is 5. The maximum absolute atomic E-state index is 13.2. The first-order chi connectivity index (χ1) is 14.9.